The van der Waals surface area contributed by atoms with Crippen LogP contribution in [0.2, 0.25) is 5.04 Å². The molecule has 10 aromatic rings. The molecule has 2 aliphatic rings. The average Bonchev–Trinajstić information content (AvgIpc) is 1.23. The second-order valence-corrected chi connectivity index (χ2v) is 35.2. The molecule has 570 valence electrons. The number of nitriles is 5. The molecule has 4 heterocycles. The van der Waals surface area contributed by atoms with E-state index in [1.54, 1.807) is 30.4 Å². The van der Waals surface area contributed by atoms with Crippen molar-refractivity contribution in [3.8, 4) is 47.6 Å². The van der Waals surface area contributed by atoms with E-state index in [2.05, 4.69) is 191 Å². The highest BCUT2D eigenvalue weighted by Gasteiger charge is 2.52. The second kappa shape index (κ2) is 38.6. The highest BCUT2D eigenvalue weighted by atomic mass is 32.1. The first kappa shape index (κ1) is 83.2. The van der Waals surface area contributed by atoms with Gasteiger partial charge in [0.1, 0.15) is 66.4 Å². The van der Waals surface area contributed by atoms with Crippen LogP contribution in [0.4, 0.5) is 11.4 Å². The Balaban J connectivity index is 0.000000227. The van der Waals surface area contributed by atoms with Gasteiger partial charge >= 0.3 is 8.32 Å². The van der Waals surface area contributed by atoms with E-state index in [1.165, 1.54) is 11.3 Å². The van der Waals surface area contributed by atoms with Crippen molar-refractivity contribution in [1.29, 1.82) is 26.3 Å². The summed E-state index contributed by atoms with van der Waals surface area (Å²) in [6, 6.07) is 86.9. The first-order valence-electron chi connectivity index (χ1n) is 37.5. The Bertz CT molecular complexity index is 5490. The van der Waals surface area contributed by atoms with E-state index in [4.69, 9.17) is 40.5 Å². The number of hydrogen-bond acceptors (Lipinski definition) is 15. The predicted octanol–water partition coefficient (Wildman–Crippen LogP) is 22.3. The zero-order valence-corrected chi connectivity index (χ0v) is 68.7. The van der Waals surface area contributed by atoms with Crippen molar-refractivity contribution < 1.29 is 28.2 Å². The van der Waals surface area contributed by atoms with E-state index < -0.39 is 19.5 Å². The lowest BCUT2D eigenvalue weighted by molar-refractivity contribution is 0.0728. The number of nitrogens with zero attached hydrogens (tertiary/aromatic N) is 8. The minimum atomic E-state index is -2.91. The standard InChI is InChI=1S/C56H52N4O3SSi.C24H25NO2S.C17H13N3O/c1-8-36-60(7)45-28-24-42(52(37-45)61-40-41-18-12-9-13-19-41)25-31-47-32-33-48(64-47)34-35-51-53(59-6)54(43(38-57)39-58)62-56(51,5)44-26-29-46(30-27-44)63-65(55(2,3)4,49-20-14-10-15-21-49)50-22-16-11-17-23-50;1-3-15-25(2)21-11-9-20(10-12-22-13-14-23(17-26)28-22)24(16-21)27-18-19-7-5-4-6-8-19;1-11-4-6-14(7-5-11)17(3)12(2)15(10-20)16(21-17)13(8-18)9-19/h9-35,37H,8,36,40H2,1-5,7H3;4-14,16-17H,3,15,18H2,1-2H3;4-7H,1-3H3/b31-25+,35-34+;12-10+;. The molecular formula is C97H90N8O6S2Si. The molecule has 2 atom stereocenters. The fraction of sp³-hybridized carbons (Fsp3) is 0.206. The van der Waals surface area contributed by atoms with Gasteiger partial charge in [-0.05, 0) is 175 Å². The van der Waals surface area contributed by atoms with Crippen molar-refractivity contribution in [3.63, 3.8) is 0 Å². The molecule has 2 aromatic heterocycles. The van der Waals surface area contributed by atoms with Crippen molar-refractivity contribution in [2.75, 3.05) is 37.0 Å². The fourth-order valence-electron chi connectivity index (χ4n) is 13.5. The Hall–Kier alpha value is -13.2. The number of hydrogen-bond donors (Lipinski definition) is 0. The monoisotopic (exact) mass is 1550 g/mol. The summed E-state index contributed by atoms with van der Waals surface area (Å²) < 4.78 is 32.3. The maximum absolute atomic E-state index is 10.9. The summed E-state index contributed by atoms with van der Waals surface area (Å²) in [6.07, 6.45) is 15.1. The van der Waals surface area contributed by atoms with Crippen LogP contribution in [0.25, 0.3) is 35.2 Å². The number of anilines is 2. The number of rotatable bonds is 25. The number of thiophene rings is 2. The third kappa shape index (κ3) is 19.5. The van der Waals surface area contributed by atoms with Crippen LogP contribution in [0.15, 0.2) is 282 Å². The highest BCUT2D eigenvalue weighted by Crippen LogP contribution is 2.50. The lowest BCUT2D eigenvalue weighted by Crippen LogP contribution is -2.68. The lowest BCUT2D eigenvalue weighted by Gasteiger charge is -2.43. The molecule has 0 N–H and O–H groups in total. The summed E-state index contributed by atoms with van der Waals surface area (Å²) in [5.74, 6) is 2.42. The Morgan fingerprint density at radius 2 is 0.939 bits per heavy atom. The largest absolute Gasteiger partial charge is 0.534 e. The van der Waals surface area contributed by atoms with Crippen molar-refractivity contribution >= 4 is 89.4 Å². The molecule has 0 fully saturated rings. The topological polar surface area (TPSA) is 193 Å². The van der Waals surface area contributed by atoms with Crippen LogP contribution < -0.4 is 34.1 Å². The average molecular weight is 1560 g/mol. The van der Waals surface area contributed by atoms with Crippen LogP contribution >= 0.6 is 22.7 Å². The smallest absolute Gasteiger partial charge is 0.319 e. The minimum absolute atomic E-state index is 0.0215. The van der Waals surface area contributed by atoms with Gasteiger partial charge in [-0.1, -0.05) is 204 Å². The molecule has 0 saturated carbocycles. The molecule has 0 aliphatic carbocycles. The van der Waals surface area contributed by atoms with Gasteiger partial charge in [0.25, 0.3) is 0 Å². The van der Waals surface area contributed by atoms with Gasteiger partial charge in [-0.25, -0.2) is 4.85 Å². The quantitative estimate of drug-likeness (QED) is 0.0227. The van der Waals surface area contributed by atoms with Crippen LogP contribution in [0.1, 0.15) is 131 Å². The predicted molar refractivity (Wildman–Crippen MR) is 464 cm³/mol. The van der Waals surface area contributed by atoms with Crippen molar-refractivity contribution in [2.45, 2.75) is 105 Å². The summed E-state index contributed by atoms with van der Waals surface area (Å²) in [7, 11) is 1.29. The molecule has 2 aliphatic heterocycles. The number of carbonyl (C=O) groups is 1. The van der Waals surface area contributed by atoms with Crippen LogP contribution in [0.5, 0.6) is 17.2 Å². The zero-order chi connectivity index (χ0) is 81.4. The zero-order valence-electron chi connectivity index (χ0n) is 66.1. The van der Waals surface area contributed by atoms with Gasteiger partial charge in [-0.2, -0.15) is 26.3 Å². The number of carbonyl (C=O) groups excluding carboxylic acids is 1. The van der Waals surface area contributed by atoms with Gasteiger partial charge in [0.2, 0.25) is 5.70 Å². The molecular weight excluding hydrogens is 1470 g/mol. The van der Waals surface area contributed by atoms with Gasteiger partial charge in [0, 0.05) is 82.0 Å². The van der Waals surface area contributed by atoms with Crippen molar-refractivity contribution in [1.82, 2.24) is 0 Å². The minimum Gasteiger partial charge on any atom is -0.534 e. The first-order valence-corrected chi connectivity index (χ1v) is 41.1. The maximum atomic E-state index is 10.9. The Morgan fingerprint density at radius 3 is 1.36 bits per heavy atom. The number of aldehydes is 1. The Kier molecular flexibility index (Phi) is 28.2. The molecule has 0 spiro atoms. The number of ether oxygens (including phenoxy) is 4. The third-order valence-corrected chi connectivity index (χ3v) is 26.8. The highest BCUT2D eigenvalue weighted by molar-refractivity contribution is 7.14. The van der Waals surface area contributed by atoms with Gasteiger partial charge in [-0.3, -0.25) is 4.79 Å². The van der Waals surface area contributed by atoms with Gasteiger partial charge in [0.15, 0.2) is 34.6 Å². The number of benzene rings is 8. The van der Waals surface area contributed by atoms with Crippen LogP contribution in [-0.4, -0.2) is 41.8 Å². The molecule has 12 rings (SSSR count). The van der Waals surface area contributed by atoms with E-state index in [9.17, 15) is 20.6 Å². The molecule has 2 unspecified atom stereocenters. The molecule has 0 radical (unpaired) electrons. The normalized spacial score (nSPS) is 15.0. The van der Waals surface area contributed by atoms with Crippen molar-refractivity contribution in [2.24, 2.45) is 0 Å². The van der Waals surface area contributed by atoms with E-state index >= 15 is 0 Å². The number of aryl methyl sites for hydroxylation is 1. The SMILES string of the molecule is CC1=C(C#N)C(=C(C#N)C#N)OC1(C)c1ccc(C)cc1.CCCN(C)c1ccc(/C=C/c2ccc(C=O)s2)c(OCc2ccccc2)c1.[C-]#[N+]C1=C(/C=C/c2ccc(/C=C/c3ccc(N(C)CCC)cc3OCc3ccccc3)s2)C(C)(c2ccc(O[Si](c3ccccc3)(c3ccccc3)C(C)(C)C)cc2)OC1=C(C#N)C#N. The molecule has 0 bridgehead atoms. The Labute approximate surface area is 680 Å². The lowest BCUT2D eigenvalue weighted by atomic mass is 9.87. The van der Waals surface area contributed by atoms with E-state index in [0.717, 1.165) is 124 Å². The molecule has 0 amide bonds. The summed E-state index contributed by atoms with van der Waals surface area (Å²) in [5, 5.41) is 49.4. The second-order valence-electron chi connectivity index (χ2n) is 28.7. The Morgan fingerprint density at radius 1 is 0.526 bits per heavy atom. The van der Waals surface area contributed by atoms with E-state index in [1.807, 2.05) is 179 Å². The van der Waals surface area contributed by atoms with Gasteiger partial charge < -0.3 is 33.2 Å². The maximum Gasteiger partial charge on any atom is 0.319 e. The third-order valence-electron chi connectivity index (χ3n) is 19.9. The molecule has 0 saturated heterocycles. The summed E-state index contributed by atoms with van der Waals surface area (Å²) in [4.78, 5) is 23.0. The molecule has 8 aromatic carbocycles. The van der Waals surface area contributed by atoms with Crippen molar-refractivity contribution in [3.05, 3.63) is 352 Å². The van der Waals surface area contributed by atoms with E-state index in [0.29, 0.717) is 30.1 Å². The summed E-state index contributed by atoms with van der Waals surface area (Å²) in [5.41, 5.74) is 8.37. The van der Waals surface area contributed by atoms with Crippen LogP contribution in [0, 0.1) is 70.2 Å². The van der Waals surface area contributed by atoms with Crippen LogP contribution in [0.3, 0.4) is 0 Å². The van der Waals surface area contributed by atoms with Gasteiger partial charge in [0.05, 0.1) is 17.0 Å². The molecule has 14 nitrogen and oxygen atoms in total. The van der Waals surface area contributed by atoms with Crippen LogP contribution in [-0.2, 0) is 33.9 Å². The summed E-state index contributed by atoms with van der Waals surface area (Å²) >= 11 is 3.08. The molecule has 17 heteroatoms. The molecule has 114 heavy (non-hydrogen) atoms. The van der Waals surface area contributed by atoms with Gasteiger partial charge in [-0.15, -0.1) is 22.7 Å². The summed E-state index contributed by atoms with van der Waals surface area (Å²) in [6.45, 7) is 29.7. The van der Waals surface area contributed by atoms with E-state index in [-0.39, 0.29) is 39.0 Å². The fourth-order valence-corrected chi connectivity index (χ4v) is 19.5. The first-order chi connectivity index (χ1) is 55.1. The number of allylic oxidation sites excluding steroid dienone is 3.